The van der Waals surface area contributed by atoms with Crippen molar-refractivity contribution in [2.24, 2.45) is 11.8 Å². The van der Waals surface area contributed by atoms with Crippen LogP contribution in [0.1, 0.15) is 64.0 Å². The zero-order valence-electron chi connectivity index (χ0n) is 16.7. The van der Waals surface area contributed by atoms with Crippen LogP contribution in [-0.2, 0) is 20.4 Å². The molecule has 27 heavy (non-hydrogen) atoms. The number of nitrogens with one attached hydrogen (secondary N) is 1. The van der Waals surface area contributed by atoms with Crippen molar-refractivity contribution in [1.82, 2.24) is 10.2 Å². The predicted octanol–water partition coefficient (Wildman–Crippen LogP) is 3.14. The summed E-state index contributed by atoms with van der Waals surface area (Å²) in [4.78, 5) is 26.6. The fourth-order valence-corrected chi connectivity index (χ4v) is 5.80. The molecule has 2 heterocycles. The number of nitrogens with zero attached hydrogens (tertiary/aromatic N) is 1. The Bertz CT molecular complexity index is 801. The van der Waals surface area contributed by atoms with Crippen LogP contribution < -0.4 is 5.32 Å². The van der Waals surface area contributed by atoms with Crippen LogP contribution in [0.3, 0.4) is 0 Å². The molecule has 2 aliphatic carbocycles. The Labute approximate surface area is 161 Å². The summed E-state index contributed by atoms with van der Waals surface area (Å²) >= 11 is 0. The highest BCUT2D eigenvalue weighted by Crippen LogP contribution is 2.59. The van der Waals surface area contributed by atoms with Crippen molar-refractivity contribution in [3.8, 4) is 0 Å². The van der Waals surface area contributed by atoms with Crippen LogP contribution in [-0.4, -0.2) is 35.3 Å². The number of fused-ring (bicyclic) bond motifs is 1. The zero-order valence-corrected chi connectivity index (χ0v) is 16.7. The van der Waals surface area contributed by atoms with Crippen molar-refractivity contribution in [3.05, 3.63) is 35.4 Å². The first-order chi connectivity index (χ1) is 12.7. The van der Waals surface area contributed by atoms with Crippen LogP contribution >= 0.6 is 0 Å². The van der Waals surface area contributed by atoms with Crippen LogP contribution in [0.25, 0.3) is 0 Å². The van der Waals surface area contributed by atoms with E-state index in [1.165, 1.54) is 17.5 Å². The van der Waals surface area contributed by atoms with Gasteiger partial charge in [-0.2, -0.15) is 0 Å². The summed E-state index contributed by atoms with van der Waals surface area (Å²) in [5.74, 6) is 1.21. The number of rotatable bonds is 2. The zero-order chi connectivity index (χ0) is 19.0. The fraction of sp³-hybridized carbons (Fsp3) is 0.652. The average molecular weight is 367 g/mol. The Balaban J connectivity index is 1.24. The first-order valence-corrected chi connectivity index (χ1v) is 10.4. The molecule has 4 aliphatic rings. The monoisotopic (exact) mass is 366 g/mol. The minimum Gasteiger partial charge on any atom is -0.351 e. The molecule has 2 atom stereocenters. The van der Waals surface area contributed by atoms with Crippen LogP contribution in [0, 0.1) is 11.8 Å². The van der Waals surface area contributed by atoms with Gasteiger partial charge in [-0.15, -0.1) is 0 Å². The number of hydrogen-bond acceptors (Lipinski definition) is 2. The van der Waals surface area contributed by atoms with Gasteiger partial charge in [-0.1, -0.05) is 45.0 Å². The lowest BCUT2D eigenvalue weighted by Crippen LogP contribution is -2.56. The quantitative estimate of drug-likeness (QED) is 0.874. The number of hydrogen-bond donors (Lipinski definition) is 1. The number of carbonyl (C=O) groups excluding carboxylic acids is 2. The number of likely N-dealkylation sites (tertiary alicyclic amines) is 1. The van der Waals surface area contributed by atoms with Gasteiger partial charge < -0.3 is 10.2 Å². The first-order valence-electron chi connectivity index (χ1n) is 10.4. The molecule has 1 spiro atoms. The second kappa shape index (κ2) is 5.36. The smallest absolute Gasteiger partial charge is 0.225 e. The Hall–Kier alpha value is -1.84. The van der Waals surface area contributed by atoms with E-state index in [1.807, 2.05) is 0 Å². The van der Waals surface area contributed by atoms with Crippen molar-refractivity contribution in [2.45, 2.75) is 69.2 Å². The molecule has 1 N–H and O–H groups in total. The number of amides is 2. The van der Waals surface area contributed by atoms with Gasteiger partial charge in [0.1, 0.15) is 0 Å². The molecule has 144 valence electrons. The van der Waals surface area contributed by atoms with Crippen LogP contribution in [0.4, 0.5) is 0 Å². The highest BCUT2D eigenvalue weighted by molar-refractivity contribution is 5.84. The molecule has 2 saturated carbocycles. The van der Waals surface area contributed by atoms with Crippen LogP contribution in [0.2, 0.25) is 0 Å². The maximum absolute atomic E-state index is 13.0. The SMILES string of the molecule is CC(C)(C)c1ccc([C@]23C[C@H]2CN(C(=O)C2CC4(CCC(=O)N4)C2)C3)cc1. The van der Waals surface area contributed by atoms with E-state index in [1.54, 1.807) is 0 Å². The largest absolute Gasteiger partial charge is 0.351 e. The van der Waals surface area contributed by atoms with Gasteiger partial charge in [0.15, 0.2) is 0 Å². The van der Waals surface area contributed by atoms with Gasteiger partial charge in [-0.3, -0.25) is 9.59 Å². The Morgan fingerprint density at radius 2 is 1.85 bits per heavy atom. The second-order valence-electron chi connectivity index (χ2n) is 10.5. The summed E-state index contributed by atoms with van der Waals surface area (Å²) in [5, 5.41) is 3.10. The molecule has 0 bridgehead atoms. The molecule has 2 amide bonds. The van der Waals surface area contributed by atoms with Crippen molar-refractivity contribution in [1.29, 1.82) is 0 Å². The summed E-state index contributed by atoms with van der Waals surface area (Å²) in [7, 11) is 0. The van der Waals surface area contributed by atoms with E-state index in [2.05, 4.69) is 55.3 Å². The molecule has 0 aromatic heterocycles. The van der Waals surface area contributed by atoms with E-state index < -0.39 is 0 Å². The van der Waals surface area contributed by atoms with E-state index in [-0.39, 0.29) is 28.2 Å². The van der Waals surface area contributed by atoms with Gasteiger partial charge >= 0.3 is 0 Å². The fourth-order valence-electron chi connectivity index (χ4n) is 5.80. The lowest BCUT2D eigenvalue weighted by molar-refractivity contribution is -0.141. The Kier molecular flexibility index (Phi) is 3.43. The van der Waals surface area contributed by atoms with E-state index in [0.29, 0.717) is 18.2 Å². The summed E-state index contributed by atoms with van der Waals surface area (Å²) in [6, 6.07) is 9.12. The molecule has 1 aromatic carbocycles. The van der Waals surface area contributed by atoms with Gasteiger partial charge in [0.05, 0.1) is 0 Å². The van der Waals surface area contributed by atoms with E-state index >= 15 is 0 Å². The summed E-state index contributed by atoms with van der Waals surface area (Å²) in [6.07, 6.45) is 4.43. The Morgan fingerprint density at radius 1 is 1.15 bits per heavy atom. The lowest BCUT2D eigenvalue weighted by Gasteiger charge is -2.45. The number of benzene rings is 1. The minimum absolute atomic E-state index is 0.0550. The third-order valence-electron chi connectivity index (χ3n) is 7.64. The van der Waals surface area contributed by atoms with Crippen LogP contribution in [0.5, 0.6) is 0 Å². The van der Waals surface area contributed by atoms with Crippen molar-refractivity contribution in [2.75, 3.05) is 13.1 Å². The molecule has 5 rings (SSSR count). The molecule has 4 nitrogen and oxygen atoms in total. The molecule has 0 unspecified atom stereocenters. The highest BCUT2D eigenvalue weighted by atomic mass is 16.2. The highest BCUT2D eigenvalue weighted by Gasteiger charge is 2.63. The van der Waals surface area contributed by atoms with Gasteiger partial charge in [-0.05, 0) is 48.1 Å². The van der Waals surface area contributed by atoms with Gasteiger partial charge in [0.25, 0.3) is 0 Å². The van der Waals surface area contributed by atoms with Crippen LogP contribution in [0.15, 0.2) is 24.3 Å². The molecular formula is C23H30N2O2. The predicted molar refractivity (Wildman–Crippen MR) is 104 cm³/mol. The first kappa shape index (κ1) is 17.3. The summed E-state index contributed by atoms with van der Waals surface area (Å²) < 4.78 is 0. The summed E-state index contributed by atoms with van der Waals surface area (Å²) in [5.41, 5.74) is 3.09. The van der Waals surface area contributed by atoms with Gasteiger partial charge in [0, 0.05) is 36.4 Å². The minimum atomic E-state index is -0.0550. The molecule has 4 heteroatoms. The van der Waals surface area contributed by atoms with Crippen molar-refractivity contribution in [3.63, 3.8) is 0 Å². The number of carbonyl (C=O) groups is 2. The third kappa shape index (κ3) is 2.63. The molecule has 2 aliphatic heterocycles. The third-order valence-corrected chi connectivity index (χ3v) is 7.64. The van der Waals surface area contributed by atoms with Crippen molar-refractivity contribution >= 4 is 11.8 Å². The van der Waals surface area contributed by atoms with E-state index in [9.17, 15) is 9.59 Å². The maximum atomic E-state index is 13.0. The van der Waals surface area contributed by atoms with E-state index in [4.69, 9.17) is 0 Å². The average Bonchev–Trinajstić information content (AvgIpc) is 2.96. The standard InChI is InChI=1S/C23H30N2O2/c1-21(2,3)16-4-6-17(7-5-16)23-12-18(23)13-25(14-23)20(27)15-10-22(11-15)9-8-19(26)24-22/h4-7,15,18H,8-14H2,1-3H3,(H,24,26)/t15?,18-,22?,23+/m0/s1. The van der Waals surface area contributed by atoms with E-state index in [0.717, 1.165) is 32.4 Å². The lowest BCUT2D eigenvalue weighted by atomic mass is 9.67. The maximum Gasteiger partial charge on any atom is 0.225 e. The molecule has 2 saturated heterocycles. The Morgan fingerprint density at radius 3 is 2.44 bits per heavy atom. The normalized spacial score (nSPS) is 37.1. The molecular weight excluding hydrogens is 336 g/mol. The number of piperidine rings is 1. The van der Waals surface area contributed by atoms with Gasteiger partial charge in [-0.25, -0.2) is 0 Å². The molecule has 0 radical (unpaired) electrons. The second-order valence-corrected chi connectivity index (χ2v) is 10.5. The summed E-state index contributed by atoms with van der Waals surface area (Å²) in [6.45, 7) is 8.52. The molecule has 4 fully saturated rings. The topological polar surface area (TPSA) is 49.4 Å². The van der Waals surface area contributed by atoms with Gasteiger partial charge in [0.2, 0.25) is 11.8 Å². The molecule has 1 aromatic rings. The van der Waals surface area contributed by atoms with Crippen molar-refractivity contribution < 1.29 is 9.59 Å².